The molecule has 0 aromatic heterocycles. The molecule has 2 nitrogen and oxygen atoms in total. The third-order valence-electron chi connectivity index (χ3n) is 1.74. The molecule has 2 N–H and O–H groups in total. The maximum atomic E-state index is 5.45. The highest BCUT2D eigenvalue weighted by Crippen LogP contribution is 2.24. The molecule has 1 saturated heterocycles. The van der Waals surface area contributed by atoms with Gasteiger partial charge < -0.3 is 0 Å². The van der Waals surface area contributed by atoms with Crippen LogP contribution in [-0.4, -0.2) is 17.1 Å². The minimum atomic E-state index is 0.644. The second-order valence-electron chi connectivity index (χ2n) is 2.16. The van der Waals surface area contributed by atoms with Gasteiger partial charge in [0.1, 0.15) is 0 Å². The molecule has 0 aromatic rings. The van der Waals surface area contributed by atoms with Crippen LogP contribution >= 0.6 is 0 Å². The third-order valence-corrected chi connectivity index (χ3v) is 1.74. The van der Waals surface area contributed by atoms with Crippen LogP contribution in [-0.2, 0) is 0 Å². The first kappa shape index (κ1) is 5.06. The number of hydrogen-bond acceptors (Lipinski definition) is 2. The Kier molecular flexibility index (Phi) is 1.05. The van der Waals surface area contributed by atoms with Gasteiger partial charge in [-0.1, -0.05) is 6.92 Å². The molecule has 1 fully saturated rings. The molecule has 0 aromatic carbocycles. The van der Waals surface area contributed by atoms with E-state index in [1.54, 1.807) is 0 Å². The van der Waals surface area contributed by atoms with Gasteiger partial charge in [-0.3, -0.25) is 5.84 Å². The van der Waals surface area contributed by atoms with Crippen LogP contribution in [0.25, 0.3) is 0 Å². The summed E-state index contributed by atoms with van der Waals surface area (Å²) < 4.78 is 0. The van der Waals surface area contributed by atoms with Crippen LogP contribution in [0, 0.1) is 0 Å². The van der Waals surface area contributed by atoms with Crippen molar-refractivity contribution >= 4 is 0 Å². The second-order valence-corrected chi connectivity index (χ2v) is 2.16. The van der Waals surface area contributed by atoms with Gasteiger partial charge in [0.05, 0.1) is 0 Å². The smallest absolute Gasteiger partial charge is 0.0409 e. The molecule has 1 unspecified atom stereocenters. The molecular weight excluding hydrogens is 88.1 g/mol. The van der Waals surface area contributed by atoms with E-state index < -0.39 is 0 Å². The molecule has 1 aliphatic rings. The van der Waals surface area contributed by atoms with Crippen LogP contribution in [0.5, 0.6) is 0 Å². The van der Waals surface area contributed by atoms with Crippen molar-refractivity contribution in [2.45, 2.75) is 32.4 Å². The summed E-state index contributed by atoms with van der Waals surface area (Å²) >= 11 is 0. The Bertz CT molecular complexity index is 64.5. The van der Waals surface area contributed by atoms with Gasteiger partial charge in [0.2, 0.25) is 0 Å². The minimum absolute atomic E-state index is 0.644. The lowest BCUT2D eigenvalue weighted by Gasteiger charge is -1.83. The summed E-state index contributed by atoms with van der Waals surface area (Å²) in [6.45, 7) is 4.31. The summed E-state index contributed by atoms with van der Waals surface area (Å²) in [6.07, 6.45) is 1.19. The fourth-order valence-electron chi connectivity index (χ4n) is 0.990. The van der Waals surface area contributed by atoms with Crippen LogP contribution < -0.4 is 5.84 Å². The molecule has 0 aliphatic carbocycles. The van der Waals surface area contributed by atoms with E-state index in [9.17, 15) is 0 Å². The number of nitrogens with zero attached hydrogens (tertiary/aromatic N) is 1. The van der Waals surface area contributed by atoms with Gasteiger partial charge in [-0.25, -0.2) is 5.01 Å². The molecule has 1 heterocycles. The van der Waals surface area contributed by atoms with Crippen LogP contribution in [0.2, 0.25) is 0 Å². The average Bonchev–Trinajstić information content (AvgIpc) is 2.17. The van der Waals surface area contributed by atoms with Gasteiger partial charge in [-0.2, -0.15) is 0 Å². The highest BCUT2D eigenvalue weighted by molar-refractivity contribution is 4.93. The van der Waals surface area contributed by atoms with Crippen molar-refractivity contribution in [3.63, 3.8) is 0 Å². The fourth-order valence-corrected chi connectivity index (χ4v) is 0.990. The van der Waals surface area contributed by atoms with Gasteiger partial charge in [-0.05, 0) is 13.3 Å². The first-order valence-electron chi connectivity index (χ1n) is 2.80. The lowest BCUT2D eigenvalue weighted by Crippen LogP contribution is -2.09. The number of nitrogens with two attached hydrogens (primary N) is 1. The number of rotatable bonds is 1. The molecule has 0 amide bonds. The first-order chi connectivity index (χ1) is 3.27. The van der Waals surface area contributed by atoms with E-state index >= 15 is 0 Å². The minimum Gasteiger partial charge on any atom is -0.268 e. The van der Waals surface area contributed by atoms with E-state index in [1.807, 2.05) is 5.01 Å². The van der Waals surface area contributed by atoms with Crippen LogP contribution in [0.1, 0.15) is 20.3 Å². The summed E-state index contributed by atoms with van der Waals surface area (Å²) in [4.78, 5) is 0. The average molecular weight is 100 g/mol. The van der Waals surface area contributed by atoms with E-state index in [1.165, 1.54) is 6.42 Å². The number of hydrazine groups is 1. The molecule has 1 aliphatic heterocycles. The van der Waals surface area contributed by atoms with Crippen molar-refractivity contribution in [3.8, 4) is 0 Å². The lowest BCUT2D eigenvalue weighted by atomic mass is 10.3. The summed E-state index contributed by atoms with van der Waals surface area (Å²) in [5, 5.41) is 1.89. The second kappa shape index (κ2) is 1.46. The van der Waals surface area contributed by atoms with E-state index in [0.29, 0.717) is 12.1 Å². The van der Waals surface area contributed by atoms with Gasteiger partial charge in [0.15, 0.2) is 0 Å². The number of hydrogen-bond donors (Lipinski definition) is 1. The zero-order valence-electron chi connectivity index (χ0n) is 4.89. The van der Waals surface area contributed by atoms with Crippen molar-refractivity contribution in [3.05, 3.63) is 0 Å². The van der Waals surface area contributed by atoms with Crippen molar-refractivity contribution in [2.75, 3.05) is 0 Å². The lowest BCUT2D eigenvalue weighted by molar-refractivity contribution is 0.508. The maximum Gasteiger partial charge on any atom is 0.0409 e. The highest BCUT2D eigenvalue weighted by Gasteiger charge is 2.39. The topological polar surface area (TPSA) is 29.0 Å². The maximum absolute atomic E-state index is 5.45. The van der Waals surface area contributed by atoms with Crippen molar-refractivity contribution in [1.29, 1.82) is 0 Å². The standard InChI is InChI=1S/C5H12N2/c1-3-5-4(2)7(5)6/h4-5H,3,6H2,1-2H3/t4-,5+,7?/m0/s1. The van der Waals surface area contributed by atoms with Crippen molar-refractivity contribution in [2.24, 2.45) is 5.84 Å². The van der Waals surface area contributed by atoms with Crippen LogP contribution in [0.4, 0.5) is 0 Å². The van der Waals surface area contributed by atoms with Crippen LogP contribution in [0.15, 0.2) is 0 Å². The predicted octanol–water partition coefficient (Wildman–Crippen LogP) is 0.343. The molecule has 0 saturated carbocycles. The Balaban J connectivity index is 2.24. The Morgan fingerprint density at radius 1 is 1.71 bits per heavy atom. The Morgan fingerprint density at radius 2 is 2.14 bits per heavy atom. The molecule has 7 heavy (non-hydrogen) atoms. The predicted molar refractivity (Wildman–Crippen MR) is 29.6 cm³/mol. The Hall–Kier alpha value is -0.0800. The Labute approximate surface area is 44.3 Å². The van der Waals surface area contributed by atoms with Gasteiger partial charge in [0, 0.05) is 12.1 Å². The monoisotopic (exact) mass is 100 g/mol. The molecule has 42 valence electrons. The molecular formula is C5H12N2. The molecule has 2 heteroatoms. The largest absolute Gasteiger partial charge is 0.268 e. The van der Waals surface area contributed by atoms with Crippen LogP contribution in [0.3, 0.4) is 0 Å². The highest BCUT2D eigenvalue weighted by atomic mass is 15.5. The Morgan fingerprint density at radius 3 is 2.14 bits per heavy atom. The normalized spacial score (nSPS) is 49.3. The van der Waals surface area contributed by atoms with Gasteiger partial charge >= 0.3 is 0 Å². The molecule has 1 rings (SSSR count). The fraction of sp³-hybridized carbons (Fsp3) is 1.00. The van der Waals surface area contributed by atoms with E-state index in [-0.39, 0.29) is 0 Å². The third kappa shape index (κ3) is 0.640. The summed E-state index contributed by atoms with van der Waals surface area (Å²) in [7, 11) is 0. The SMILES string of the molecule is CC[C@@H]1[C@H](C)N1N. The molecule has 0 radical (unpaired) electrons. The zero-order chi connectivity index (χ0) is 5.44. The molecule has 0 spiro atoms. The zero-order valence-corrected chi connectivity index (χ0v) is 4.89. The van der Waals surface area contributed by atoms with E-state index in [4.69, 9.17) is 5.84 Å². The van der Waals surface area contributed by atoms with Gasteiger partial charge in [-0.15, -0.1) is 0 Å². The van der Waals surface area contributed by atoms with Crippen molar-refractivity contribution in [1.82, 2.24) is 5.01 Å². The van der Waals surface area contributed by atoms with E-state index in [2.05, 4.69) is 13.8 Å². The summed E-state index contributed by atoms with van der Waals surface area (Å²) in [6, 6.07) is 1.32. The van der Waals surface area contributed by atoms with Gasteiger partial charge in [0.25, 0.3) is 0 Å². The summed E-state index contributed by atoms with van der Waals surface area (Å²) in [5.41, 5.74) is 0. The molecule has 3 atom stereocenters. The quantitative estimate of drug-likeness (QED) is 0.380. The van der Waals surface area contributed by atoms with E-state index in [0.717, 1.165) is 0 Å². The summed E-state index contributed by atoms with van der Waals surface area (Å²) in [5.74, 6) is 5.45. The van der Waals surface area contributed by atoms with Crippen molar-refractivity contribution < 1.29 is 0 Å². The molecule has 0 bridgehead atoms. The first-order valence-corrected chi connectivity index (χ1v) is 2.80.